The van der Waals surface area contributed by atoms with Crippen LogP contribution in [0.2, 0.25) is 5.02 Å². The van der Waals surface area contributed by atoms with E-state index in [0.29, 0.717) is 16.3 Å². The number of ether oxygens (including phenoxy) is 1. The molecular formula is C20H17ClN2O3. The quantitative estimate of drug-likeness (QED) is 0.691. The topological polar surface area (TPSA) is 67.4 Å². The summed E-state index contributed by atoms with van der Waals surface area (Å²) in [6.07, 6.45) is 0. The summed E-state index contributed by atoms with van der Waals surface area (Å²) in [6, 6.07) is 18.2. The number of fused-ring (bicyclic) bond motifs is 1. The minimum Gasteiger partial charge on any atom is -0.483 e. The van der Waals surface area contributed by atoms with Crippen molar-refractivity contribution in [3.63, 3.8) is 0 Å². The van der Waals surface area contributed by atoms with Gasteiger partial charge in [-0.05, 0) is 53.6 Å². The van der Waals surface area contributed by atoms with E-state index in [0.717, 1.165) is 16.3 Å². The van der Waals surface area contributed by atoms with Crippen molar-refractivity contribution in [3.05, 3.63) is 76.8 Å². The van der Waals surface area contributed by atoms with Crippen LogP contribution in [0.5, 0.6) is 5.75 Å². The highest BCUT2D eigenvalue weighted by molar-refractivity contribution is 6.30. The number of hydrogen-bond acceptors (Lipinski definition) is 3. The fourth-order valence-electron chi connectivity index (χ4n) is 2.48. The summed E-state index contributed by atoms with van der Waals surface area (Å²) in [5, 5.41) is 2.59. The van der Waals surface area contributed by atoms with Gasteiger partial charge in [0.2, 0.25) is 0 Å². The molecule has 0 aliphatic rings. The molecule has 0 aromatic heterocycles. The number of benzene rings is 3. The molecule has 26 heavy (non-hydrogen) atoms. The number of carbonyl (C=O) groups is 2. The van der Waals surface area contributed by atoms with Gasteiger partial charge in [-0.25, -0.2) is 0 Å². The van der Waals surface area contributed by atoms with Crippen molar-refractivity contribution in [1.82, 2.24) is 10.9 Å². The van der Waals surface area contributed by atoms with Crippen molar-refractivity contribution in [3.8, 4) is 5.75 Å². The SMILES string of the molecule is Cc1cc(Cl)ccc1OCC(=O)NNC(=O)c1ccc2ccccc2c1. The molecule has 3 aromatic rings. The molecule has 2 amide bonds. The Labute approximate surface area is 155 Å². The number of rotatable bonds is 4. The van der Waals surface area contributed by atoms with Crippen LogP contribution in [0.3, 0.4) is 0 Å². The van der Waals surface area contributed by atoms with Crippen LogP contribution >= 0.6 is 11.6 Å². The van der Waals surface area contributed by atoms with E-state index in [9.17, 15) is 9.59 Å². The zero-order valence-corrected chi connectivity index (χ0v) is 14.8. The number of hydrogen-bond donors (Lipinski definition) is 2. The minimum atomic E-state index is -0.464. The Morgan fingerprint density at radius 2 is 1.73 bits per heavy atom. The normalized spacial score (nSPS) is 10.4. The summed E-state index contributed by atoms with van der Waals surface area (Å²) in [5.74, 6) is -0.300. The highest BCUT2D eigenvalue weighted by Crippen LogP contribution is 2.21. The van der Waals surface area contributed by atoms with Crippen molar-refractivity contribution in [2.75, 3.05) is 6.61 Å². The van der Waals surface area contributed by atoms with Crippen LogP contribution in [-0.2, 0) is 4.79 Å². The van der Waals surface area contributed by atoms with E-state index in [1.165, 1.54) is 0 Å². The van der Waals surface area contributed by atoms with Crippen molar-refractivity contribution in [2.24, 2.45) is 0 Å². The predicted molar refractivity (Wildman–Crippen MR) is 101 cm³/mol. The Bertz CT molecular complexity index is 972. The lowest BCUT2D eigenvalue weighted by molar-refractivity contribution is -0.123. The Kier molecular flexibility index (Phi) is 5.39. The number of amides is 2. The zero-order chi connectivity index (χ0) is 18.5. The van der Waals surface area contributed by atoms with Crippen LogP contribution in [-0.4, -0.2) is 18.4 Å². The second-order valence-electron chi connectivity index (χ2n) is 5.76. The minimum absolute atomic E-state index is 0.222. The van der Waals surface area contributed by atoms with Crippen LogP contribution in [0.4, 0.5) is 0 Å². The Hall–Kier alpha value is -3.05. The highest BCUT2D eigenvalue weighted by Gasteiger charge is 2.09. The van der Waals surface area contributed by atoms with Crippen molar-refractivity contribution in [2.45, 2.75) is 6.92 Å². The van der Waals surface area contributed by atoms with Gasteiger partial charge in [0.25, 0.3) is 11.8 Å². The van der Waals surface area contributed by atoms with Crippen LogP contribution in [0.25, 0.3) is 10.8 Å². The van der Waals surface area contributed by atoms with E-state index in [1.807, 2.05) is 37.3 Å². The molecule has 3 rings (SSSR count). The fourth-order valence-corrected chi connectivity index (χ4v) is 2.71. The smallest absolute Gasteiger partial charge is 0.276 e. The first-order valence-electron chi connectivity index (χ1n) is 8.00. The number of hydrazine groups is 1. The van der Waals surface area contributed by atoms with Crippen LogP contribution in [0, 0.1) is 6.92 Å². The van der Waals surface area contributed by atoms with Gasteiger partial charge in [-0.3, -0.25) is 20.4 Å². The van der Waals surface area contributed by atoms with Crippen molar-refractivity contribution >= 4 is 34.2 Å². The van der Waals surface area contributed by atoms with Gasteiger partial charge >= 0.3 is 0 Å². The van der Waals surface area contributed by atoms with E-state index in [4.69, 9.17) is 16.3 Å². The maximum Gasteiger partial charge on any atom is 0.276 e. The summed E-state index contributed by atoms with van der Waals surface area (Å²) in [6.45, 7) is 1.61. The molecule has 0 aliphatic heterocycles. The molecular weight excluding hydrogens is 352 g/mol. The van der Waals surface area contributed by atoms with Gasteiger partial charge in [0.1, 0.15) is 5.75 Å². The third-order valence-electron chi connectivity index (χ3n) is 3.82. The lowest BCUT2D eigenvalue weighted by Crippen LogP contribution is -2.43. The third kappa shape index (κ3) is 4.32. The standard InChI is InChI=1S/C20H17ClN2O3/c1-13-10-17(21)8-9-18(13)26-12-19(24)22-23-20(25)16-7-6-14-4-2-3-5-15(14)11-16/h2-11H,12H2,1H3,(H,22,24)(H,23,25). The summed E-state index contributed by atoms with van der Waals surface area (Å²) in [4.78, 5) is 24.0. The second-order valence-corrected chi connectivity index (χ2v) is 6.20. The zero-order valence-electron chi connectivity index (χ0n) is 14.1. The van der Waals surface area contributed by atoms with Crippen molar-refractivity contribution in [1.29, 1.82) is 0 Å². The molecule has 0 saturated carbocycles. The maximum absolute atomic E-state index is 12.2. The van der Waals surface area contributed by atoms with E-state index in [2.05, 4.69) is 10.9 Å². The number of halogens is 1. The number of carbonyl (C=O) groups excluding carboxylic acids is 2. The summed E-state index contributed by atoms with van der Waals surface area (Å²) in [5.41, 5.74) is 6.01. The fraction of sp³-hybridized carbons (Fsp3) is 0.100. The number of aryl methyl sites for hydroxylation is 1. The lowest BCUT2D eigenvalue weighted by Gasteiger charge is -2.11. The average molecular weight is 369 g/mol. The molecule has 0 heterocycles. The Morgan fingerprint density at radius 1 is 0.962 bits per heavy atom. The molecule has 3 aromatic carbocycles. The molecule has 6 heteroatoms. The largest absolute Gasteiger partial charge is 0.483 e. The average Bonchev–Trinajstić information content (AvgIpc) is 2.65. The van der Waals surface area contributed by atoms with E-state index in [-0.39, 0.29) is 6.61 Å². The lowest BCUT2D eigenvalue weighted by atomic mass is 10.1. The Morgan fingerprint density at radius 3 is 2.50 bits per heavy atom. The van der Waals surface area contributed by atoms with Crippen molar-refractivity contribution < 1.29 is 14.3 Å². The first-order chi connectivity index (χ1) is 12.5. The summed E-state index contributed by atoms with van der Waals surface area (Å²) >= 11 is 5.88. The van der Waals surface area contributed by atoms with Gasteiger partial charge in [0.15, 0.2) is 6.61 Å². The highest BCUT2D eigenvalue weighted by atomic mass is 35.5. The molecule has 5 nitrogen and oxygen atoms in total. The molecule has 132 valence electrons. The van der Waals surface area contributed by atoms with E-state index < -0.39 is 11.8 Å². The van der Waals surface area contributed by atoms with Gasteiger partial charge in [-0.15, -0.1) is 0 Å². The van der Waals surface area contributed by atoms with E-state index in [1.54, 1.807) is 30.3 Å². The van der Waals surface area contributed by atoms with E-state index >= 15 is 0 Å². The molecule has 0 aliphatic carbocycles. The Balaban J connectivity index is 1.54. The molecule has 0 radical (unpaired) electrons. The maximum atomic E-state index is 12.2. The molecule has 0 bridgehead atoms. The summed E-state index contributed by atoms with van der Waals surface area (Å²) in [7, 11) is 0. The molecule has 0 unspecified atom stereocenters. The first kappa shape index (κ1) is 17.8. The van der Waals surface area contributed by atoms with Gasteiger partial charge in [-0.1, -0.05) is 41.9 Å². The molecule has 0 atom stereocenters. The van der Waals surface area contributed by atoms with Gasteiger partial charge < -0.3 is 4.74 Å². The molecule has 0 saturated heterocycles. The van der Waals surface area contributed by atoms with Crippen LogP contribution in [0.1, 0.15) is 15.9 Å². The molecule has 0 fully saturated rings. The van der Waals surface area contributed by atoms with Gasteiger partial charge in [0.05, 0.1) is 0 Å². The first-order valence-corrected chi connectivity index (χ1v) is 8.37. The van der Waals surface area contributed by atoms with Gasteiger partial charge in [0, 0.05) is 10.6 Å². The van der Waals surface area contributed by atoms with Gasteiger partial charge in [-0.2, -0.15) is 0 Å². The van der Waals surface area contributed by atoms with Crippen LogP contribution in [0.15, 0.2) is 60.7 Å². The second kappa shape index (κ2) is 7.89. The summed E-state index contributed by atoms with van der Waals surface area (Å²) < 4.78 is 5.43. The molecule has 2 N–H and O–H groups in total. The monoisotopic (exact) mass is 368 g/mol. The van der Waals surface area contributed by atoms with Crippen LogP contribution < -0.4 is 15.6 Å². The predicted octanol–water partition coefficient (Wildman–Crippen LogP) is 3.64. The number of nitrogens with one attached hydrogen (secondary N) is 2. The third-order valence-corrected chi connectivity index (χ3v) is 4.06. The molecule has 0 spiro atoms.